The molecule has 20 heteroatoms. The molecule has 0 spiro atoms. The van der Waals surface area contributed by atoms with Crippen LogP contribution in [0.5, 0.6) is 0 Å². The molecule has 0 aromatic carbocycles. The Kier molecular flexibility index (Phi) is 12.3. The topological polar surface area (TPSA) is 328 Å². The summed E-state index contributed by atoms with van der Waals surface area (Å²) in [5, 5.41) is 132. The summed E-state index contributed by atoms with van der Waals surface area (Å²) in [6.45, 7) is -0.879. The highest BCUT2D eigenvalue weighted by atomic mass is 16.8. The minimum absolute atomic E-state index is 0.625. The predicted octanol–water partition coefficient (Wildman–Crippen LogP) is -8.72. The Labute approximate surface area is 249 Å². The van der Waals surface area contributed by atoms with Gasteiger partial charge in [-0.2, -0.15) is 0 Å². The molecular formula is C24H42O20. The van der Waals surface area contributed by atoms with Gasteiger partial charge in [-0.3, -0.25) is 0 Å². The van der Waals surface area contributed by atoms with Gasteiger partial charge in [0.25, 0.3) is 0 Å². The van der Waals surface area contributed by atoms with Crippen molar-refractivity contribution in [3.05, 3.63) is 0 Å². The molecule has 0 radical (unpaired) electrons. The van der Waals surface area contributed by atoms with Crippen LogP contribution in [0.4, 0.5) is 0 Å². The van der Waals surface area contributed by atoms with Crippen LogP contribution in [0.2, 0.25) is 0 Å². The fraction of sp³-hybridized carbons (Fsp3) is 1.00. The molecule has 0 saturated carbocycles. The molecule has 0 bridgehead atoms. The van der Waals surface area contributed by atoms with Crippen LogP contribution in [0.1, 0.15) is 6.92 Å². The van der Waals surface area contributed by atoms with Crippen LogP contribution < -0.4 is 0 Å². The number of aliphatic hydroxyl groups is 13. The Balaban J connectivity index is 1.45. The van der Waals surface area contributed by atoms with E-state index in [4.69, 9.17) is 33.2 Å². The first-order valence-electron chi connectivity index (χ1n) is 14.0. The molecule has 258 valence electrons. The Morgan fingerprint density at radius 1 is 0.455 bits per heavy atom. The largest absolute Gasteiger partial charge is 0.394 e. The molecule has 0 aromatic rings. The predicted molar refractivity (Wildman–Crippen MR) is 132 cm³/mol. The molecule has 4 aliphatic heterocycles. The lowest BCUT2D eigenvalue weighted by Gasteiger charge is -2.48. The maximum absolute atomic E-state index is 10.9. The summed E-state index contributed by atoms with van der Waals surface area (Å²) in [6, 6.07) is 0. The second-order valence-corrected chi connectivity index (χ2v) is 11.2. The van der Waals surface area contributed by atoms with Crippen LogP contribution in [0.25, 0.3) is 0 Å². The van der Waals surface area contributed by atoms with Gasteiger partial charge in [0.05, 0.1) is 25.9 Å². The summed E-state index contributed by atoms with van der Waals surface area (Å²) in [4.78, 5) is 0. The number of rotatable bonds is 9. The van der Waals surface area contributed by atoms with E-state index >= 15 is 0 Å². The first-order chi connectivity index (χ1) is 20.7. The van der Waals surface area contributed by atoms with Crippen molar-refractivity contribution in [3.63, 3.8) is 0 Å². The zero-order valence-corrected chi connectivity index (χ0v) is 23.3. The maximum Gasteiger partial charge on any atom is 0.187 e. The molecule has 0 amide bonds. The van der Waals surface area contributed by atoms with Gasteiger partial charge in [-0.05, 0) is 6.92 Å². The molecular weight excluding hydrogens is 608 g/mol. The number of hydrogen-bond acceptors (Lipinski definition) is 20. The van der Waals surface area contributed by atoms with E-state index < -0.39 is 143 Å². The number of ether oxygens (including phenoxy) is 7. The van der Waals surface area contributed by atoms with Gasteiger partial charge in [0.2, 0.25) is 0 Å². The van der Waals surface area contributed by atoms with Gasteiger partial charge in [0.1, 0.15) is 91.6 Å². The molecule has 4 saturated heterocycles. The van der Waals surface area contributed by atoms with E-state index in [1.807, 2.05) is 0 Å². The third kappa shape index (κ3) is 7.19. The molecule has 20 nitrogen and oxygen atoms in total. The van der Waals surface area contributed by atoms with Crippen LogP contribution in [-0.2, 0) is 33.2 Å². The van der Waals surface area contributed by atoms with Crippen LogP contribution in [0.15, 0.2) is 0 Å². The van der Waals surface area contributed by atoms with E-state index in [9.17, 15) is 66.4 Å². The van der Waals surface area contributed by atoms with E-state index in [1.165, 1.54) is 6.92 Å². The van der Waals surface area contributed by atoms with E-state index in [-0.39, 0.29) is 0 Å². The monoisotopic (exact) mass is 650 g/mol. The molecule has 4 rings (SSSR count). The van der Waals surface area contributed by atoms with Crippen molar-refractivity contribution in [1.29, 1.82) is 0 Å². The number of hydrogen-bond donors (Lipinski definition) is 13. The second-order valence-electron chi connectivity index (χ2n) is 11.2. The Morgan fingerprint density at radius 2 is 0.932 bits per heavy atom. The standard InChI is InChI=1S/C24H42O20/c1-5-9(27)11(29)16(34)22(39-5)38-4-8-20(13(31)15(33)21(37)40-8)44-24-18(36)14(32)19(7(3-26)42-24)43-23-17(35)12(30)10(28)6(2-25)41-23/h5-37H,2-4H2,1H3/t5-,6+,7+,8+,9-,10+,11+,12-,13+,14+,15+,16+,17+,18+,19+,20+,21+,22+,23+,24+/m0/s1. The van der Waals surface area contributed by atoms with Crippen molar-refractivity contribution in [3.8, 4) is 0 Å². The highest BCUT2D eigenvalue weighted by Crippen LogP contribution is 2.33. The Bertz CT molecular complexity index is 898. The summed E-state index contributed by atoms with van der Waals surface area (Å²) in [6.07, 6.45) is -33.7. The lowest BCUT2D eigenvalue weighted by atomic mass is 9.96. The van der Waals surface area contributed by atoms with Crippen LogP contribution in [0.3, 0.4) is 0 Å². The highest BCUT2D eigenvalue weighted by Gasteiger charge is 2.54. The minimum atomic E-state index is -2.01. The summed E-state index contributed by atoms with van der Waals surface area (Å²) >= 11 is 0. The lowest BCUT2D eigenvalue weighted by molar-refractivity contribution is -0.380. The smallest absolute Gasteiger partial charge is 0.187 e. The fourth-order valence-electron chi connectivity index (χ4n) is 5.39. The molecule has 0 unspecified atom stereocenters. The van der Waals surface area contributed by atoms with Crippen molar-refractivity contribution >= 4 is 0 Å². The second kappa shape index (κ2) is 15.0. The van der Waals surface area contributed by atoms with Crippen molar-refractivity contribution in [2.75, 3.05) is 19.8 Å². The molecule has 0 aliphatic carbocycles. The van der Waals surface area contributed by atoms with Gasteiger partial charge in [-0.25, -0.2) is 0 Å². The Hall–Kier alpha value is -0.800. The molecule has 4 fully saturated rings. The summed E-state index contributed by atoms with van der Waals surface area (Å²) in [5.41, 5.74) is 0. The highest BCUT2D eigenvalue weighted by molar-refractivity contribution is 4.96. The number of aliphatic hydroxyl groups excluding tert-OH is 13. The lowest BCUT2D eigenvalue weighted by Crippen LogP contribution is -2.66. The molecule has 13 N–H and O–H groups in total. The van der Waals surface area contributed by atoms with Crippen molar-refractivity contribution < 1.29 is 99.5 Å². The zero-order chi connectivity index (χ0) is 32.6. The summed E-state index contributed by atoms with van der Waals surface area (Å²) in [7, 11) is 0. The van der Waals surface area contributed by atoms with Crippen LogP contribution in [-0.4, -0.2) is 209 Å². The first-order valence-corrected chi connectivity index (χ1v) is 14.0. The van der Waals surface area contributed by atoms with Gasteiger partial charge in [0, 0.05) is 0 Å². The van der Waals surface area contributed by atoms with E-state index in [2.05, 4.69) is 0 Å². The molecule has 4 heterocycles. The van der Waals surface area contributed by atoms with E-state index in [1.54, 1.807) is 0 Å². The van der Waals surface area contributed by atoms with Crippen molar-refractivity contribution in [2.45, 2.75) is 130 Å². The normalized spacial score (nSPS) is 53.9. The minimum Gasteiger partial charge on any atom is -0.394 e. The summed E-state index contributed by atoms with van der Waals surface area (Å²) < 4.78 is 38.0. The first kappa shape index (κ1) is 36.0. The average molecular weight is 651 g/mol. The van der Waals surface area contributed by atoms with Gasteiger partial charge in [-0.15, -0.1) is 0 Å². The van der Waals surface area contributed by atoms with Gasteiger partial charge in [-0.1, -0.05) is 0 Å². The van der Waals surface area contributed by atoms with E-state index in [0.717, 1.165) is 0 Å². The third-order valence-corrected chi connectivity index (χ3v) is 8.14. The fourth-order valence-corrected chi connectivity index (χ4v) is 5.39. The quantitative estimate of drug-likeness (QED) is 0.110. The van der Waals surface area contributed by atoms with Crippen molar-refractivity contribution in [1.82, 2.24) is 0 Å². The zero-order valence-electron chi connectivity index (χ0n) is 23.3. The van der Waals surface area contributed by atoms with Crippen LogP contribution >= 0.6 is 0 Å². The van der Waals surface area contributed by atoms with Crippen LogP contribution in [0, 0.1) is 0 Å². The van der Waals surface area contributed by atoms with E-state index in [0.29, 0.717) is 0 Å². The van der Waals surface area contributed by atoms with Gasteiger partial charge in [0.15, 0.2) is 25.2 Å². The van der Waals surface area contributed by atoms with Crippen molar-refractivity contribution in [2.24, 2.45) is 0 Å². The average Bonchev–Trinajstić information content (AvgIpc) is 3.00. The molecule has 44 heavy (non-hydrogen) atoms. The molecule has 20 atom stereocenters. The SMILES string of the molecule is C[C@@H]1O[C@@H](OC[C@H]2O[C@@H](O)[C@H](O)[C@@H](O)[C@@H]2O[C@H]2O[C@H](CO)[C@@H](O[C@H]3O[C@H](CO)[C@@H](O)[C@H](O)[C@H]3O)[C@H](O)[C@H]2O)[C@H](O)[C@H](O)[C@H]1O. The Morgan fingerprint density at radius 3 is 1.52 bits per heavy atom. The molecule has 0 aromatic heterocycles. The summed E-state index contributed by atoms with van der Waals surface area (Å²) in [5.74, 6) is 0. The van der Waals surface area contributed by atoms with Gasteiger partial charge >= 0.3 is 0 Å². The maximum atomic E-state index is 10.9. The molecule has 4 aliphatic rings. The third-order valence-electron chi connectivity index (χ3n) is 8.14. The van der Waals surface area contributed by atoms with Gasteiger partial charge < -0.3 is 99.5 Å².